The van der Waals surface area contributed by atoms with Crippen LogP contribution in [-0.2, 0) is 17.5 Å². The molecule has 0 saturated heterocycles. The van der Waals surface area contributed by atoms with Crippen LogP contribution in [0.3, 0.4) is 0 Å². The molecule has 146 valence electrons. The fourth-order valence-corrected chi connectivity index (χ4v) is 2.62. The van der Waals surface area contributed by atoms with E-state index in [2.05, 4.69) is 5.32 Å². The first-order valence-corrected chi connectivity index (χ1v) is 8.39. The molecule has 0 saturated carbocycles. The van der Waals surface area contributed by atoms with Gasteiger partial charge in [0.15, 0.2) is 0 Å². The zero-order valence-electron chi connectivity index (χ0n) is 14.7. The minimum absolute atomic E-state index is 0.133. The first-order chi connectivity index (χ1) is 12.6. The molecule has 2 aromatic rings. The summed E-state index contributed by atoms with van der Waals surface area (Å²) in [6, 6.07) is 6.20. The first kappa shape index (κ1) is 20.8. The number of benzene rings is 1. The number of pyridine rings is 1. The lowest BCUT2D eigenvalue weighted by atomic mass is 10.1. The molecule has 1 amide bonds. The van der Waals surface area contributed by atoms with Gasteiger partial charge in [-0.3, -0.25) is 9.59 Å². The second-order valence-corrected chi connectivity index (χ2v) is 6.38. The Bertz CT molecular complexity index is 894. The number of amides is 1. The number of carbonyl (C=O) groups is 1. The maximum absolute atomic E-state index is 12.8. The molecular formula is C18H18ClF3N2O3. The smallest absolute Gasteiger partial charge is 0.417 e. The fraction of sp³-hybridized carbons (Fsp3) is 0.333. The van der Waals surface area contributed by atoms with E-state index in [1.807, 2.05) is 32.0 Å². The van der Waals surface area contributed by atoms with Crippen LogP contribution in [0, 0.1) is 13.8 Å². The van der Waals surface area contributed by atoms with E-state index in [0.717, 1.165) is 11.1 Å². The lowest BCUT2D eigenvalue weighted by Crippen LogP contribution is -2.35. The highest BCUT2D eigenvalue weighted by Gasteiger charge is 2.32. The predicted molar refractivity (Wildman–Crippen MR) is 95.1 cm³/mol. The molecule has 0 radical (unpaired) electrons. The summed E-state index contributed by atoms with van der Waals surface area (Å²) in [5.41, 5.74) is 0.0780. The highest BCUT2D eigenvalue weighted by atomic mass is 35.5. The van der Waals surface area contributed by atoms with Gasteiger partial charge < -0.3 is 14.6 Å². The fourth-order valence-electron chi connectivity index (χ4n) is 2.40. The molecule has 5 nitrogen and oxygen atoms in total. The summed E-state index contributed by atoms with van der Waals surface area (Å²) in [6.07, 6.45) is -4.10. The Hall–Kier alpha value is -2.48. The molecule has 0 aliphatic heterocycles. The summed E-state index contributed by atoms with van der Waals surface area (Å²) >= 11 is 5.54. The summed E-state index contributed by atoms with van der Waals surface area (Å²) in [5.74, 6) is 0.0486. The average Bonchev–Trinajstić information content (AvgIpc) is 2.56. The molecule has 2 rings (SSSR count). The van der Waals surface area contributed by atoms with Crippen LogP contribution in [0.2, 0.25) is 5.02 Å². The minimum atomic E-state index is -4.67. The number of rotatable bonds is 6. The second-order valence-electron chi connectivity index (χ2n) is 5.97. The summed E-state index contributed by atoms with van der Waals surface area (Å²) in [5, 5.41) is 1.89. The van der Waals surface area contributed by atoms with E-state index < -0.39 is 34.8 Å². The van der Waals surface area contributed by atoms with Gasteiger partial charge in [0, 0.05) is 6.20 Å². The normalized spacial score (nSPS) is 11.3. The highest BCUT2D eigenvalue weighted by Crippen LogP contribution is 2.29. The van der Waals surface area contributed by atoms with Crippen molar-refractivity contribution in [2.24, 2.45) is 0 Å². The van der Waals surface area contributed by atoms with E-state index in [0.29, 0.717) is 22.6 Å². The molecule has 1 aromatic heterocycles. The van der Waals surface area contributed by atoms with Crippen molar-refractivity contribution in [3.05, 3.63) is 62.5 Å². The van der Waals surface area contributed by atoms with Crippen LogP contribution in [-0.4, -0.2) is 23.6 Å². The third kappa shape index (κ3) is 5.75. The van der Waals surface area contributed by atoms with E-state index in [1.54, 1.807) is 0 Å². The second kappa shape index (κ2) is 8.47. The largest absolute Gasteiger partial charge is 0.491 e. The van der Waals surface area contributed by atoms with Gasteiger partial charge in [-0.2, -0.15) is 13.2 Å². The van der Waals surface area contributed by atoms with Gasteiger partial charge in [0.2, 0.25) is 5.91 Å². The number of ether oxygens (including phenoxy) is 1. The summed E-state index contributed by atoms with van der Waals surface area (Å²) in [4.78, 5) is 23.7. The van der Waals surface area contributed by atoms with E-state index in [4.69, 9.17) is 16.3 Å². The van der Waals surface area contributed by atoms with Crippen molar-refractivity contribution in [1.82, 2.24) is 9.88 Å². The van der Waals surface area contributed by atoms with Crippen molar-refractivity contribution in [3.63, 3.8) is 0 Å². The van der Waals surface area contributed by atoms with Gasteiger partial charge in [-0.25, -0.2) is 0 Å². The van der Waals surface area contributed by atoms with Crippen LogP contribution in [0.1, 0.15) is 16.7 Å². The first-order valence-electron chi connectivity index (χ1n) is 8.02. The number of hydrogen-bond donors (Lipinski definition) is 1. The van der Waals surface area contributed by atoms with Crippen molar-refractivity contribution >= 4 is 17.5 Å². The van der Waals surface area contributed by atoms with E-state index >= 15 is 0 Å². The maximum Gasteiger partial charge on any atom is 0.417 e. The molecular weight excluding hydrogens is 385 g/mol. The Kier molecular flexibility index (Phi) is 6.54. The Morgan fingerprint density at radius 3 is 2.59 bits per heavy atom. The lowest BCUT2D eigenvalue weighted by molar-refractivity contribution is -0.138. The molecule has 0 aliphatic carbocycles. The van der Waals surface area contributed by atoms with Crippen LogP contribution in [0.25, 0.3) is 0 Å². The number of hydrogen-bond acceptors (Lipinski definition) is 3. The average molecular weight is 403 g/mol. The molecule has 0 bridgehead atoms. The topological polar surface area (TPSA) is 60.3 Å². The van der Waals surface area contributed by atoms with Gasteiger partial charge in [0.1, 0.15) is 23.9 Å². The highest BCUT2D eigenvalue weighted by molar-refractivity contribution is 6.30. The zero-order chi connectivity index (χ0) is 20.2. The molecule has 1 N–H and O–H groups in total. The maximum atomic E-state index is 12.8. The van der Waals surface area contributed by atoms with Crippen LogP contribution >= 0.6 is 11.6 Å². The van der Waals surface area contributed by atoms with E-state index in [1.165, 1.54) is 0 Å². The number of nitrogens with one attached hydrogen (secondary N) is 1. The monoisotopic (exact) mass is 402 g/mol. The van der Waals surface area contributed by atoms with Crippen LogP contribution in [0.4, 0.5) is 13.2 Å². The zero-order valence-corrected chi connectivity index (χ0v) is 15.4. The summed E-state index contributed by atoms with van der Waals surface area (Å²) in [6.45, 7) is 3.58. The molecule has 1 heterocycles. The van der Waals surface area contributed by atoms with Gasteiger partial charge in [-0.15, -0.1) is 0 Å². The minimum Gasteiger partial charge on any atom is -0.491 e. The van der Waals surface area contributed by atoms with Crippen molar-refractivity contribution in [2.45, 2.75) is 26.6 Å². The van der Waals surface area contributed by atoms with Gasteiger partial charge in [0.25, 0.3) is 5.56 Å². The van der Waals surface area contributed by atoms with Gasteiger partial charge in [0.05, 0.1) is 12.1 Å². The number of nitrogens with zero attached hydrogens (tertiary/aromatic N) is 1. The quantitative estimate of drug-likeness (QED) is 0.754. The van der Waals surface area contributed by atoms with Crippen LogP contribution in [0.15, 0.2) is 35.3 Å². The van der Waals surface area contributed by atoms with E-state index in [-0.39, 0.29) is 13.2 Å². The Balaban J connectivity index is 1.92. The number of carbonyl (C=O) groups excluding carboxylic acids is 1. The number of aromatic nitrogens is 1. The van der Waals surface area contributed by atoms with Gasteiger partial charge >= 0.3 is 6.18 Å². The van der Waals surface area contributed by atoms with Gasteiger partial charge in [-0.1, -0.05) is 29.3 Å². The molecule has 1 aromatic carbocycles. The van der Waals surface area contributed by atoms with Crippen molar-refractivity contribution in [2.75, 3.05) is 13.2 Å². The lowest BCUT2D eigenvalue weighted by Gasteiger charge is -2.13. The summed E-state index contributed by atoms with van der Waals surface area (Å²) in [7, 11) is 0. The Labute approximate surface area is 158 Å². The summed E-state index contributed by atoms with van der Waals surface area (Å²) < 4.78 is 44.6. The third-order valence-corrected chi connectivity index (χ3v) is 3.97. The van der Waals surface area contributed by atoms with E-state index in [9.17, 15) is 22.8 Å². The number of aryl methyl sites for hydroxylation is 2. The number of halogens is 4. The van der Waals surface area contributed by atoms with Crippen molar-refractivity contribution in [1.29, 1.82) is 0 Å². The molecule has 0 atom stereocenters. The van der Waals surface area contributed by atoms with Crippen LogP contribution < -0.4 is 15.6 Å². The van der Waals surface area contributed by atoms with Crippen molar-refractivity contribution in [3.8, 4) is 5.75 Å². The van der Waals surface area contributed by atoms with Crippen LogP contribution in [0.5, 0.6) is 5.75 Å². The number of alkyl halides is 3. The Morgan fingerprint density at radius 2 is 1.96 bits per heavy atom. The third-order valence-electron chi connectivity index (χ3n) is 3.70. The standard InChI is InChI=1S/C18H18ClF3N2O3/c1-11-3-4-15(12(2)7-11)27-6-5-23-16(25)10-24-9-13(18(20,21)22)8-14(19)17(24)26/h3-4,7-9H,5-6,10H2,1-2H3,(H,23,25). The van der Waals surface area contributed by atoms with Gasteiger partial charge in [-0.05, 0) is 31.5 Å². The predicted octanol–water partition coefficient (Wildman–Crippen LogP) is 3.33. The van der Waals surface area contributed by atoms with Crippen molar-refractivity contribution < 1.29 is 22.7 Å². The molecule has 27 heavy (non-hydrogen) atoms. The SMILES string of the molecule is Cc1ccc(OCCNC(=O)Cn2cc(C(F)(F)F)cc(Cl)c2=O)c(C)c1. The molecule has 0 fully saturated rings. The molecule has 9 heteroatoms. The molecule has 0 aliphatic rings. The Morgan fingerprint density at radius 1 is 1.26 bits per heavy atom. The molecule has 0 spiro atoms. The molecule has 0 unspecified atom stereocenters.